The molecule has 1 heterocycles. The molecule has 31 heavy (non-hydrogen) atoms. The van der Waals surface area contributed by atoms with E-state index in [0.717, 1.165) is 40.4 Å². The van der Waals surface area contributed by atoms with Gasteiger partial charge >= 0.3 is 5.97 Å². The lowest BCUT2D eigenvalue weighted by atomic mass is 9.48. The molecule has 4 bridgehead atoms. The van der Waals surface area contributed by atoms with Crippen molar-refractivity contribution in [1.29, 1.82) is 0 Å². The van der Waals surface area contributed by atoms with Crippen molar-refractivity contribution < 1.29 is 19.0 Å². The van der Waals surface area contributed by atoms with Crippen LogP contribution >= 0.6 is 0 Å². The number of methoxy groups -OCH3 is 1. The van der Waals surface area contributed by atoms with Crippen LogP contribution < -0.4 is 9.47 Å². The fourth-order valence-corrected chi connectivity index (χ4v) is 7.03. The van der Waals surface area contributed by atoms with E-state index < -0.39 is 0 Å². The van der Waals surface area contributed by atoms with Gasteiger partial charge in [-0.05, 0) is 96.6 Å². The van der Waals surface area contributed by atoms with Gasteiger partial charge < -0.3 is 14.2 Å². The largest absolute Gasteiger partial charge is 0.466 e. The SMILES string of the molecule is COC(=O)C=Cc1ccc(-c2cc3c(c(C45CC6CC(CC(C6)C4)C5)c2)OCO3)cc1. The van der Waals surface area contributed by atoms with Crippen molar-refractivity contribution in [2.24, 2.45) is 17.8 Å². The minimum Gasteiger partial charge on any atom is -0.466 e. The molecule has 0 N–H and O–H groups in total. The summed E-state index contributed by atoms with van der Waals surface area (Å²) in [7, 11) is 1.39. The van der Waals surface area contributed by atoms with Gasteiger partial charge in [-0.1, -0.05) is 24.3 Å². The Morgan fingerprint density at radius 3 is 2.29 bits per heavy atom. The Bertz CT molecular complexity index is 1010. The number of benzene rings is 2. The lowest BCUT2D eigenvalue weighted by Crippen LogP contribution is -2.48. The van der Waals surface area contributed by atoms with E-state index in [4.69, 9.17) is 9.47 Å². The number of ether oxygens (including phenoxy) is 3. The summed E-state index contributed by atoms with van der Waals surface area (Å²) in [6.45, 7) is 0.315. The molecule has 0 aromatic heterocycles. The molecule has 2 aromatic carbocycles. The minimum absolute atomic E-state index is 0.256. The molecule has 0 radical (unpaired) electrons. The fourth-order valence-electron chi connectivity index (χ4n) is 7.03. The first-order chi connectivity index (χ1) is 15.1. The molecule has 160 valence electrons. The molecule has 4 heteroatoms. The maximum Gasteiger partial charge on any atom is 0.330 e. The summed E-state index contributed by atoms with van der Waals surface area (Å²) in [5.41, 5.74) is 4.94. The molecular formula is C27H28O4. The zero-order valence-corrected chi connectivity index (χ0v) is 17.9. The maximum atomic E-state index is 11.3. The van der Waals surface area contributed by atoms with Gasteiger partial charge in [-0.25, -0.2) is 4.79 Å². The quantitative estimate of drug-likeness (QED) is 0.471. The average molecular weight is 417 g/mol. The Balaban J connectivity index is 1.37. The average Bonchev–Trinajstić information content (AvgIpc) is 3.25. The van der Waals surface area contributed by atoms with Crippen LogP contribution in [0.3, 0.4) is 0 Å². The Morgan fingerprint density at radius 1 is 0.968 bits per heavy atom. The summed E-state index contributed by atoms with van der Waals surface area (Å²) in [6, 6.07) is 12.8. The number of carbonyl (C=O) groups excluding carboxylic acids is 1. The highest BCUT2D eigenvalue weighted by Gasteiger charge is 2.53. The van der Waals surface area contributed by atoms with E-state index in [2.05, 4.69) is 29.0 Å². The van der Waals surface area contributed by atoms with Crippen molar-refractivity contribution in [3.8, 4) is 22.6 Å². The second-order valence-corrected chi connectivity index (χ2v) is 9.93. The Kier molecular flexibility index (Phi) is 4.38. The molecule has 5 aliphatic rings. The molecule has 0 saturated heterocycles. The molecule has 4 aliphatic carbocycles. The minimum atomic E-state index is -0.347. The first-order valence-corrected chi connectivity index (χ1v) is 11.4. The van der Waals surface area contributed by atoms with Crippen molar-refractivity contribution in [3.63, 3.8) is 0 Å². The Labute approximate surface area is 183 Å². The molecule has 2 aromatic rings. The monoisotopic (exact) mass is 416 g/mol. The summed E-state index contributed by atoms with van der Waals surface area (Å²) >= 11 is 0. The second-order valence-electron chi connectivity index (χ2n) is 9.93. The number of hydrogen-bond donors (Lipinski definition) is 0. The molecule has 1 aliphatic heterocycles. The fraction of sp³-hybridized carbons (Fsp3) is 0.444. The van der Waals surface area contributed by atoms with Gasteiger partial charge in [0, 0.05) is 11.6 Å². The lowest BCUT2D eigenvalue weighted by molar-refractivity contribution is -0.134. The van der Waals surface area contributed by atoms with Crippen LogP contribution in [0.2, 0.25) is 0 Å². The van der Waals surface area contributed by atoms with Gasteiger partial charge in [0.05, 0.1) is 7.11 Å². The zero-order valence-electron chi connectivity index (χ0n) is 17.9. The van der Waals surface area contributed by atoms with E-state index in [1.54, 1.807) is 6.08 Å². The van der Waals surface area contributed by atoms with Crippen molar-refractivity contribution in [1.82, 2.24) is 0 Å². The van der Waals surface area contributed by atoms with Crippen LogP contribution in [0.15, 0.2) is 42.5 Å². The number of fused-ring (bicyclic) bond motifs is 1. The second kappa shape index (κ2) is 7.15. The molecule has 0 amide bonds. The predicted molar refractivity (Wildman–Crippen MR) is 119 cm³/mol. The van der Waals surface area contributed by atoms with Crippen LogP contribution in [0, 0.1) is 17.8 Å². The van der Waals surface area contributed by atoms with Crippen LogP contribution in [-0.4, -0.2) is 19.9 Å². The van der Waals surface area contributed by atoms with Crippen LogP contribution in [0.5, 0.6) is 11.5 Å². The normalized spacial score (nSPS) is 30.2. The third-order valence-corrected chi connectivity index (χ3v) is 7.94. The maximum absolute atomic E-state index is 11.3. The Hall–Kier alpha value is -2.75. The highest BCUT2D eigenvalue weighted by Crippen LogP contribution is 2.63. The van der Waals surface area contributed by atoms with Crippen molar-refractivity contribution in [2.45, 2.75) is 43.9 Å². The van der Waals surface area contributed by atoms with Gasteiger partial charge in [-0.15, -0.1) is 0 Å². The lowest BCUT2D eigenvalue weighted by Gasteiger charge is -2.57. The van der Waals surface area contributed by atoms with Crippen molar-refractivity contribution >= 4 is 12.0 Å². The summed E-state index contributed by atoms with van der Waals surface area (Å²) in [4.78, 5) is 11.3. The molecule has 0 spiro atoms. The van der Waals surface area contributed by atoms with E-state index in [9.17, 15) is 4.79 Å². The molecule has 7 rings (SSSR count). The summed E-state index contributed by atoms with van der Waals surface area (Å²) in [5.74, 6) is 4.18. The van der Waals surface area contributed by atoms with Gasteiger partial charge in [0.1, 0.15) is 0 Å². The first-order valence-electron chi connectivity index (χ1n) is 11.4. The molecule has 0 unspecified atom stereocenters. The van der Waals surface area contributed by atoms with Gasteiger partial charge in [-0.3, -0.25) is 0 Å². The Morgan fingerprint density at radius 2 is 1.65 bits per heavy atom. The zero-order chi connectivity index (χ0) is 21.0. The number of esters is 1. The summed E-state index contributed by atoms with van der Waals surface area (Å²) < 4.78 is 16.6. The molecule has 4 fully saturated rings. The van der Waals surface area contributed by atoms with E-state index in [0.29, 0.717) is 6.79 Å². The van der Waals surface area contributed by atoms with Gasteiger partial charge in [0.25, 0.3) is 0 Å². The highest BCUT2D eigenvalue weighted by atomic mass is 16.7. The smallest absolute Gasteiger partial charge is 0.330 e. The van der Waals surface area contributed by atoms with Crippen LogP contribution in [0.1, 0.15) is 49.7 Å². The third kappa shape index (κ3) is 3.24. The molecular weight excluding hydrogens is 388 g/mol. The van der Waals surface area contributed by atoms with Crippen molar-refractivity contribution in [3.05, 3.63) is 53.6 Å². The van der Waals surface area contributed by atoms with Crippen LogP contribution in [-0.2, 0) is 14.9 Å². The third-order valence-electron chi connectivity index (χ3n) is 7.94. The van der Waals surface area contributed by atoms with Crippen molar-refractivity contribution in [2.75, 3.05) is 13.9 Å². The van der Waals surface area contributed by atoms with Gasteiger partial charge in [0.15, 0.2) is 11.5 Å². The molecule has 4 nitrogen and oxygen atoms in total. The van der Waals surface area contributed by atoms with Gasteiger partial charge in [-0.2, -0.15) is 0 Å². The van der Waals surface area contributed by atoms with Crippen LogP contribution in [0.4, 0.5) is 0 Å². The standard InChI is InChI=1S/C27H28O4/c1-29-25(28)7-4-17-2-5-21(6-3-17)22-11-23(26-24(12-22)30-16-31-26)27-13-18-8-19(14-27)10-20(9-18)15-27/h2-7,11-12,18-20H,8-10,13-16H2,1H3. The number of carbonyl (C=O) groups is 1. The van der Waals surface area contributed by atoms with E-state index in [1.807, 2.05) is 12.1 Å². The summed E-state index contributed by atoms with van der Waals surface area (Å²) in [5, 5.41) is 0. The predicted octanol–water partition coefficient (Wildman–Crippen LogP) is 5.74. The van der Waals surface area contributed by atoms with Crippen LogP contribution in [0.25, 0.3) is 17.2 Å². The number of hydrogen-bond acceptors (Lipinski definition) is 4. The first kappa shape index (κ1) is 19.0. The topological polar surface area (TPSA) is 44.8 Å². The van der Waals surface area contributed by atoms with E-state index in [1.165, 1.54) is 62.8 Å². The van der Waals surface area contributed by atoms with E-state index in [-0.39, 0.29) is 11.4 Å². The molecule has 0 atom stereocenters. The van der Waals surface area contributed by atoms with E-state index >= 15 is 0 Å². The highest BCUT2D eigenvalue weighted by molar-refractivity contribution is 5.87. The van der Waals surface area contributed by atoms with Gasteiger partial charge in [0.2, 0.25) is 6.79 Å². The number of rotatable bonds is 4. The summed E-state index contributed by atoms with van der Waals surface area (Å²) in [6.07, 6.45) is 11.4. The molecule has 4 saturated carbocycles.